The number of aryl methyl sites for hydroxylation is 4. The van der Waals surface area contributed by atoms with Gasteiger partial charge < -0.3 is 0 Å². The van der Waals surface area contributed by atoms with Crippen molar-refractivity contribution in [3.8, 4) is 64.5 Å². The molecule has 10 aromatic rings. The van der Waals surface area contributed by atoms with E-state index in [9.17, 15) is 0 Å². The molecule has 5 heterocycles. The Bertz CT molecular complexity index is 2780. The molecule has 0 bridgehead atoms. The summed E-state index contributed by atoms with van der Waals surface area (Å²) in [6, 6.07) is 54.4. The Morgan fingerprint density at radius 1 is 0.298 bits per heavy atom. The van der Waals surface area contributed by atoms with E-state index in [0.717, 1.165) is 78.2 Å². The van der Waals surface area contributed by atoms with Crippen molar-refractivity contribution < 1.29 is 0 Å². The lowest BCUT2D eigenvalue weighted by Crippen LogP contribution is -1.98. The van der Waals surface area contributed by atoms with E-state index >= 15 is 0 Å². The highest BCUT2D eigenvalue weighted by molar-refractivity contribution is 7.28. The second-order valence-corrected chi connectivity index (χ2v) is 17.6. The lowest BCUT2D eigenvalue weighted by Gasteiger charge is -2.13. The molecule has 276 valence electrons. The maximum Gasteiger partial charge on any atom is 0.110 e. The Balaban J connectivity index is 0.000000156. The van der Waals surface area contributed by atoms with E-state index in [0.29, 0.717) is 0 Å². The molecular formula is C50H38N4S3. The van der Waals surface area contributed by atoms with Crippen molar-refractivity contribution in [3.63, 3.8) is 0 Å². The standard InChI is InChI=1S/C28H20N2S3.C22H18N2/c1-17-13-15-21(31-17)27-25-26(28(33-27)22-16-14-18(2)32-22)30-24(20-11-7-4-8-12-20)23(29-25)19-9-5-3-6-10-19;1-15-13-14-16(2)20-19(15)23-21(17-9-5-3-6-10-17)22(24-20)18-11-7-4-8-12-18/h3-16H,1-2H3;3-14H,1-2H3. The average Bonchev–Trinajstić information content (AvgIpc) is 4.00. The number of rotatable bonds is 6. The van der Waals surface area contributed by atoms with Gasteiger partial charge in [0.15, 0.2) is 0 Å². The van der Waals surface area contributed by atoms with Crippen molar-refractivity contribution in [1.82, 2.24) is 19.9 Å². The smallest absolute Gasteiger partial charge is 0.110 e. The van der Waals surface area contributed by atoms with E-state index in [4.69, 9.17) is 19.9 Å². The Kier molecular flexibility index (Phi) is 10.1. The van der Waals surface area contributed by atoms with Gasteiger partial charge in [-0.15, -0.1) is 34.0 Å². The summed E-state index contributed by atoms with van der Waals surface area (Å²) in [7, 11) is 0. The van der Waals surface area contributed by atoms with Crippen LogP contribution in [0.15, 0.2) is 158 Å². The van der Waals surface area contributed by atoms with E-state index in [-0.39, 0.29) is 0 Å². The quantitative estimate of drug-likeness (QED) is 0.168. The molecule has 0 saturated heterocycles. The van der Waals surface area contributed by atoms with E-state index in [1.165, 1.54) is 29.3 Å². The van der Waals surface area contributed by atoms with Gasteiger partial charge >= 0.3 is 0 Å². The van der Waals surface area contributed by atoms with Crippen LogP contribution in [0.1, 0.15) is 20.9 Å². The zero-order valence-electron chi connectivity index (χ0n) is 32.0. The van der Waals surface area contributed by atoms with Crippen LogP contribution < -0.4 is 0 Å². The minimum Gasteiger partial charge on any atom is -0.244 e. The molecule has 0 aliphatic heterocycles. The number of hydrogen-bond donors (Lipinski definition) is 0. The molecule has 0 amide bonds. The van der Waals surface area contributed by atoms with Gasteiger partial charge in [0.25, 0.3) is 0 Å². The molecule has 0 aliphatic rings. The lowest BCUT2D eigenvalue weighted by atomic mass is 10.0. The average molecular weight is 791 g/mol. The molecule has 4 nitrogen and oxygen atoms in total. The van der Waals surface area contributed by atoms with Crippen LogP contribution in [-0.4, -0.2) is 19.9 Å². The van der Waals surface area contributed by atoms with Crippen LogP contribution >= 0.6 is 34.0 Å². The van der Waals surface area contributed by atoms with Crippen LogP contribution in [0.4, 0.5) is 0 Å². The Morgan fingerprint density at radius 2 is 0.596 bits per heavy atom. The topological polar surface area (TPSA) is 51.6 Å². The molecule has 0 fully saturated rings. The highest BCUT2D eigenvalue weighted by Crippen LogP contribution is 2.47. The van der Waals surface area contributed by atoms with E-state index in [1.54, 1.807) is 0 Å². The van der Waals surface area contributed by atoms with Gasteiger partial charge in [-0.05, 0) is 63.1 Å². The van der Waals surface area contributed by atoms with Gasteiger partial charge in [-0.25, -0.2) is 19.9 Å². The van der Waals surface area contributed by atoms with Crippen LogP contribution in [0.2, 0.25) is 0 Å². The lowest BCUT2D eigenvalue weighted by molar-refractivity contribution is 1.25. The monoisotopic (exact) mass is 790 g/mol. The Labute approximate surface area is 344 Å². The van der Waals surface area contributed by atoms with Crippen LogP contribution in [0.5, 0.6) is 0 Å². The van der Waals surface area contributed by atoms with Crippen molar-refractivity contribution in [2.75, 3.05) is 0 Å². The zero-order valence-corrected chi connectivity index (χ0v) is 34.5. The molecule has 0 radical (unpaired) electrons. The first kappa shape index (κ1) is 36.5. The Morgan fingerprint density at radius 3 is 0.877 bits per heavy atom. The van der Waals surface area contributed by atoms with Gasteiger partial charge in [0.1, 0.15) is 11.0 Å². The third-order valence-corrected chi connectivity index (χ3v) is 13.4. The van der Waals surface area contributed by atoms with Crippen LogP contribution in [0, 0.1) is 27.7 Å². The molecule has 0 spiro atoms. The summed E-state index contributed by atoms with van der Waals surface area (Å²) in [5.41, 5.74) is 14.3. The van der Waals surface area contributed by atoms with Gasteiger partial charge in [0, 0.05) is 41.8 Å². The van der Waals surface area contributed by atoms with Crippen molar-refractivity contribution in [2.24, 2.45) is 0 Å². The van der Waals surface area contributed by atoms with Crippen LogP contribution in [0.3, 0.4) is 0 Å². The highest BCUT2D eigenvalue weighted by Gasteiger charge is 2.23. The summed E-state index contributed by atoms with van der Waals surface area (Å²) in [5.74, 6) is 0. The number of hydrogen-bond acceptors (Lipinski definition) is 7. The van der Waals surface area contributed by atoms with Gasteiger partial charge in [-0.1, -0.05) is 133 Å². The molecular weight excluding hydrogens is 753 g/mol. The molecule has 57 heavy (non-hydrogen) atoms. The van der Waals surface area contributed by atoms with Gasteiger partial charge in [-0.2, -0.15) is 0 Å². The van der Waals surface area contributed by atoms with Gasteiger partial charge in [0.2, 0.25) is 0 Å². The fourth-order valence-corrected chi connectivity index (χ4v) is 10.1. The molecule has 5 aromatic carbocycles. The maximum atomic E-state index is 5.32. The second kappa shape index (κ2) is 15.8. The summed E-state index contributed by atoms with van der Waals surface area (Å²) in [5, 5.41) is 0. The van der Waals surface area contributed by atoms with Gasteiger partial charge in [-0.3, -0.25) is 0 Å². The van der Waals surface area contributed by atoms with Crippen molar-refractivity contribution >= 4 is 56.1 Å². The van der Waals surface area contributed by atoms with Gasteiger partial charge in [0.05, 0.1) is 43.6 Å². The summed E-state index contributed by atoms with van der Waals surface area (Å²) in [4.78, 5) is 28.2. The largest absolute Gasteiger partial charge is 0.244 e. The molecule has 7 heteroatoms. The maximum absolute atomic E-state index is 5.32. The number of nitrogens with zero attached hydrogens (tertiary/aromatic N) is 4. The first-order chi connectivity index (χ1) is 27.9. The van der Waals surface area contributed by atoms with E-state index in [2.05, 4.69) is 137 Å². The van der Waals surface area contributed by atoms with E-state index in [1.807, 2.05) is 82.5 Å². The molecule has 0 saturated carbocycles. The van der Waals surface area contributed by atoms with E-state index < -0.39 is 0 Å². The number of benzene rings is 5. The molecule has 0 atom stereocenters. The fraction of sp³-hybridized carbons (Fsp3) is 0.0800. The van der Waals surface area contributed by atoms with Crippen molar-refractivity contribution in [1.29, 1.82) is 0 Å². The summed E-state index contributed by atoms with van der Waals surface area (Å²) >= 11 is 5.44. The molecule has 0 unspecified atom stereocenters. The van der Waals surface area contributed by atoms with Crippen molar-refractivity contribution in [3.05, 3.63) is 179 Å². The normalized spacial score (nSPS) is 11.2. The predicted octanol–water partition coefficient (Wildman–Crippen LogP) is 14.7. The Hall–Kier alpha value is -6.12. The molecule has 0 N–H and O–H groups in total. The van der Waals surface area contributed by atoms with Crippen LogP contribution in [-0.2, 0) is 0 Å². The summed E-state index contributed by atoms with van der Waals surface area (Å²) in [6.07, 6.45) is 0. The minimum absolute atomic E-state index is 0.926. The summed E-state index contributed by atoms with van der Waals surface area (Å²) < 4.78 is 0. The molecule has 10 rings (SSSR count). The first-order valence-corrected chi connectivity index (χ1v) is 21.3. The number of aromatic nitrogens is 4. The minimum atomic E-state index is 0.926. The second-order valence-electron chi connectivity index (χ2n) is 14.0. The number of fused-ring (bicyclic) bond motifs is 2. The third-order valence-electron chi connectivity index (χ3n) is 9.87. The third kappa shape index (κ3) is 7.33. The highest BCUT2D eigenvalue weighted by atomic mass is 32.1. The number of thiophene rings is 3. The van der Waals surface area contributed by atoms with Crippen LogP contribution in [0.25, 0.3) is 86.6 Å². The molecule has 5 aromatic heterocycles. The SMILES string of the molecule is Cc1ccc(-c2sc(-c3ccc(C)s3)c3nc(-c4ccccc4)c(-c4ccccc4)nc23)s1.Cc1ccc(C)c2nc(-c3ccccc3)c(-c3ccccc3)nc12. The van der Waals surface area contributed by atoms with Crippen molar-refractivity contribution in [2.45, 2.75) is 27.7 Å². The summed E-state index contributed by atoms with van der Waals surface area (Å²) in [6.45, 7) is 8.49. The zero-order chi connectivity index (χ0) is 38.9. The fourth-order valence-electron chi connectivity index (χ4n) is 6.98. The first-order valence-electron chi connectivity index (χ1n) is 18.9. The predicted molar refractivity (Wildman–Crippen MR) is 244 cm³/mol. The molecule has 0 aliphatic carbocycles.